The smallest absolute Gasteiger partial charge is 0.0529 e. The van der Waals surface area contributed by atoms with Gasteiger partial charge in [-0.25, -0.2) is 0 Å². The summed E-state index contributed by atoms with van der Waals surface area (Å²) in [6.45, 7) is 0. The Hall–Kier alpha value is -0.640. The first-order valence-corrected chi connectivity index (χ1v) is 6.62. The molecule has 0 unspecified atom stereocenters. The highest BCUT2D eigenvalue weighted by Crippen LogP contribution is 2.37. The van der Waals surface area contributed by atoms with Crippen LogP contribution in [-0.2, 0) is 0 Å². The number of fused-ring (bicyclic) bond motifs is 1. The lowest BCUT2D eigenvalue weighted by Crippen LogP contribution is -1.63. The van der Waals surface area contributed by atoms with Crippen molar-refractivity contribution in [3.05, 3.63) is 33.7 Å². The molecule has 3 aromatic rings. The zero-order valence-corrected chi connectivity index (χ0v) is 9.14. The Balaban J connectivity index is 2.33. The third kappa shape index (κ3) is 1.15. The van der Waals surface area contributed by atoms with E-state index in [1.54, 1.807) is 11.3 Å². The molecule has 0 saturated heterocycles. The Bertz CT molecular complexity index is 513. The standard InChI is InChI=1S/C10H6S3/c1-3-11-5-7(1)8-6-13-9-2-4-12-10(8)9/h1-6H. The third-order valence-electron chi connectivity index (χ3n) is 2.01. The average Bonchev–Trinajstić information content (AvgIpc) is 2.79. The normalized spacial score (nSPS) is 11.1. The molecule has 3 heteroatoms. The minimum atomic E-state index is 1.36. The van der Waals surface area contributed by atoms with E-state index in [0.29, 0.717) is 0 Å². The lowest BCUT2D eigenvalue weighted by atomic mass is 10.2. The SMILES string of the molecule is c1cc(-c2csc3ccsc23)cs1. The molecule has 0 radical (unpaired) electrons. The van der Waals surface area contributed by atoms with Crippen LogP contribution in [0.1, 0.15) is 0 Å². The van der Waals surface area contributed by atoms with Gasteiger partial charge >= 0.3 is 0 Å². The van der Waals surface area contributed by atoms with Crippen LogP contribution in [0, 0.1) is 0 Å². The molecule has 0 saturated carbocycles. The Labute approximate surface area is 88.1 Å². The minimum absolute atomic E-state index is 1.36. The highest BCUT2D eigenvalue weighted by atomic mass is 32.1. The van der Waals surface area contributed by atoms with Crippen LogP contribution in [0.4, 0.5) is 0 Å². The van der Waals surface area contributed by atoms with Crippen LogP contribution in [0.25, 0.3) is 20.5 Å². The number of rotatable bonds is 1. The molecule has 0 spiro atoms. The fraction of sp³-hybridized carbons (Fsp3) is 0. The predicted molar refractivity (Wildman–Crippen MR) is 63.0 cm³/mol. The molecule has 0 fully saturated rings. The van der Waals surface area contributed by atoms with E-state index < -0.39 is 0 Å². The molecule has 0 N–H and O–H groups in total. The molecule has 0 amide bonds. The summed E-state index contributed by atoms with van der Waals surface area (Å²) in [6.07, 6.45) is 0. The van der Waals surface area contributed by atoms with E-state index in [2.05, 4.69) is 33.7 Å². The van der Waals surface area contributed by atoms with Crippen molar-refractivity contribution < 1.29 is 0 Å². The van der Waals surface area contributed by atoms with Crippen LogP contribution in [-0.4, -0.2) is 0 Å². The van der Waals surface area contributed by atoms with Crippen molar-refractivity contribution in [3.63, 3.8) is 0 Å². The zero-order valence-electron chi connectivity index (χ0n) is 6.69. The van der Waals surface area contributed by atoms with Gasteiger partial charge in [0.05, 0.1) is 4.70 Å². The van der Waals surface area contributed by atoms with Crippen LogP contribution in [0.2, 0.25) is 0 Å². The number of thiophene rings is 3. The van der Waals surface area contributed by atoms with Crippen molar-refractivity contribution in [3.8, 4) is 11.1 Å². The number of hydrogen-bond donors (Lipinski definition) is 0. The minimum Gasteiger partial charge on any atom is -0.152 e. The van der Waals surface area contributed by atoms with Gasteiger partial charge in [0.15, 0.2) is 0 Å². The van der Waals surface area contributed by atoms with E-state index in [0.717, 1.165) is 0 Å². The maximum absolute atomic E-state index is 2.25. The highest BCUT2D eigenvalue weighted by molar-refractivity contribution is 7.26. The Morgan fingerprint density at radius 3 is 2.77 bits per heavy atom. The van der Waals surface area contributed by atoms with E-state index in [1.807, 2.05) is 22.7 Å². The molecule has 0 atom stereocenters. The summed E-state index contributed by atoms with van der Waals surface area (Å²) in [5, 5.41) is 8.76. The molecule has 64 valence electrons. The zero-order chi connectivity index (χ0) is 8.67. The van der Waals surface area contributed by atoms with Gasteiger partial charge < -0.3 is 0 Å². The van der Waals surface area contributed by atoms with Gasteiger partial charge in [-0.3, -0.25) is 0 Å². The molecular weight excluding hydrogens is 216 g/mol. The van der Waals surface area contributed by atoms with Crippen molar-refractivity contribution in [1.82, 2.24) is 0 Å². The van der Waals surface area contributed by atoms with Crippen LogP contribution >= 0.6 is 34.0 Å². The Morgan fingerprint density at radius 1 is 0.923 bits per heavy atom. The second-order valence-corrected chi connectivity index (χ2v) is 5.38. The summed E-state index contributed by atoms with van der Waals surface area (Å²) in [7, 11) is 0. The topological polar surface area (TPSA) is 0 Å². The monoisotopic (exact) mass is 222 g/mol. The maximum atomic E-state index is 2.25. The van der Waals surface area contributed by atoms with Gasteiger partial charge in [-0.1, -0.05) is 0 Å². The van der Waals surface area contributed by atoms with Gasteiger partial charge in [-0.05, 0) is 33.8 Å². The molecule has 3 heterocycles. The summed E-state index contributed by atoms with van der Waals surface area (Å²) in [5.41, 5.74) is 2.76. The molecule has 0 aromatic carbocycles. The van der Waals surface area contributed by atoms with Gasteiger partial charge in [0, 0.05) is 15.6 Å². The summed E-state index contributed by atoms with van der Waals surface area (Å²) >= 11 is 5.43. The molecule has 0 aliphatic carbocycles. The van der Waals surface area contributed by atoms with E-state index in [-0.39, 0.29) is 0 Å². The molecule has 3 rings (SSSR count). The average molecular weight is 222 g/mol. The quantitative estimate of drug-likeness (QED) is 0.560. The van der Waals surface area contributed by atoms with Gasteiger partial charge in [0.2, 0.25) is 0 Å². The van der Waals surface area contributed by atoms with Crippen molar-refractivity contribution in [2.75, 3.05) is 0 Å². The predicted octanol–water partition coefficient (Wildman–Crippen LogP) is 4.69. The molecule has 0 bridgehead atoms. The van der Waals surface area contributed by atoms with Crippen molar-refractivity contribution in [2.24, 2.45) is 0 Å². The van der Waals surface area contributed by atoms with Crippen molar-refractivity contribution in [2.45, 2.75) is 0 Å². The lowest BCUT2D eigenvalue weighted by Gasteiger charge is -1.89. The van der Waals surface area contributed by atoms with Crippen molar-refractivity contribution in [1.29, 1.82) is 0 Å². The van der Waals surface area contributed by atoms with E-state index in [4.69, 9.17) is 0 Å². The van der Waals surface area contributed by atoms with Crippen LogP contribution < -0.4 is 0 Å². The molecule has 0 nitrogen and oxygen atoms in total. The van der Waals surface area contributed by atoms with Gasteiger partial charge in [0.1, 0.15) is 0 Å². The van der Waals surface area contributed by atoms with Gasteiger partial charge in [-0.15, -0.1) is 22.7 Å². The molecule has 0 aliphatic heterocycles. The van der Waals surface area contributed by atoms with E-state index in [1.165, 1.54) is 20.5 Å². The first-order valence-electron chi connectivity index (χ1n) is 3.92. The fourth-order valence-electron chi connectivity index (χ4n) is 1.38. The van der Waals surface area contributed by atoms with Gasteiger partial charge in [-0.2, -0.15) is 11.3 Å². The van der Waals surface area contributed by atoms with E-state index in [9.17, 15) is 0 Å². The summed E-state index contributed by atoms with van der Waals surface area (Å²) in [5.74, 6) is 0. The molecular formula is C10H6S3. The third-order valence-corrected chi connectivity index (χ3v) is 4.72. The fourth-order valence-corrected chi connectivity index (χ4v) is 4.18. The van der Waals surface area contributed by atoms with E-state index >= 15 is 0 Å². The Kier molecular flexibility index (Phi) is 1.75. The summed E-state index contributed by atoms with van der Waals surface area (Å²) in [4.78, 5) is 0. The maximum Gasteiger partial charge on any atom is 0.0529 e. The summed E-state index contributed by atoms with van der Waals surface area (Å²) in [6, 6.07) is 4.38. The number of hydrogen-bond acceptors (Lipinski definition) is 3. The first kappa shape index (κ1) is 7.74. The molecule has 13 heavy (non-hydrogen) atoms. The molecule has 3 aromatic heterocycles. The largest absolute Gasteiger partial charge is 0.152 e. The van der Waals surface area contributed by atoms with Crippen LogP contribution in [0.15, 0.2) is 33.7 Å². The summed E-state index contributed by atoms with van der Waals surface area (Å²) < 4.78 is 2.84. The second kappa shape index (κ2) is 2.94. The first-order chi connectivity index (χ1) is 6.45. The van der Waals surface area contributed by atoms with Crippen LogP contribution in [0.3, 0.4) is 0 Å². The van der Waals surface area contributed by atoms with Crippen LogP contribution in [0.5, 0.6) is 0 Å². The Morgan fingerprint density at radius 2 is 1.92 bits per heavy atom. The highest BCUT2D eigenvalue weighted by Gasteiger charge is 2.06. The second-order valence-electron chi connectivity index (χ2n) is 2.78. The van der Waals surface area contributed by atoms with Crippen molar-refractivity contribution >= 4 is 43.4 Å². The molecule has 0 aliphatic rings. The van der Waals surface area contributed by atoms with Gasteiger partial charge in [0.25, 0.3) is 0 Å². The lowest BCUT2D eigenvalue weighted by molar-refractivity contribution is 1.91.